The second-order valence-electron chi connectivity index (χ2n) is 15.2. The Hall–Kier alpha value is -5.47. The fourth-order valence-electron chi connectivity index (χ4n) is 7.57. The number of benzene rings is 2. The van der Waals surface area contributed by atoms with Gasteiger partial charge in [0.1, 0.15) is 23.1 Å². The fourth-order valence-corrected chi connectivity index (χ4v) is 8.09. The summed E-state index contributed by atoms with van der Waals surface area (Å²) >= 11 is 5.64. The first-order chi connectivity index (χ1) is 27.6. The molecule has 2 N–H and O–H groups in total. The average Bonchev–Trinajstić information content (AvgIpc) is 3.35. The van der Waals surface area contributed by atoms with E-state index in [0.717, 1.165) is 43.4 Å². The van der Waals surface area contributed by atoms with Crippen molar-refractivity contribution in [2.75, 3.05) is 53.3 Å². The average molecular weight is 822 g/mol. The zero-order valence-electron chi connectivity index (χ0n) is 32.0. The third-order valence-corrected chi connectivity index (χ3v) is 11.1. The van der Waals surface area contributed by atoms with Gasteiger partial charge < -0.3 is 20.3 Å². The number of halogens is 4. The Bertz CT molecular complexity index is 2130. The van der Waals surface area contributed by atoms with Crippen LogP contribution in [0, 0.1) is 17.2 Å². The lowest BCUT2D eigenvalue weighted by molar-refractivity contribution is -0.138. The zero-order chi connectivity index (χ0) is 41.8. The van der Waals surface area contributed by atoms with Gasteiger partial charge in [0.15, 0.2) is 16.6 Å². The van der Waals surface area contributed by atoms with Crippen LogP contribution in [-0.2, 0) is 31.8 Å². The Morgan fingerprint density at radius 1 is 1.05 bits per heavy atom. The lowest BCUT2D eigenvalue weighted by Gasteiger charge is -2.31. The highest BCUT2D eigenvalue weighted by Gasteiger charge is 2.51. The molecule has 2 saturated heterocycles. The highest BCUT2D eigenvalue weighted by molar-refractivity contribution is 7.81. The Labute approximate surface area is 338 Å². The number of nitriles is 1. The van der Waals surface area contributed by atoms with Crippen LogP contribution in [0.4, 0.5) is 40.3 Å². The van der Waals surface area contributed by atoms with E-state index < -0.39 is 41.6 Å². The third kappa shape index (κ3) is 9.45. The summed E-state index contributed by atoms with van der Waals surface area (Å²) in [6, 6.07) is 13.8. The van der Waals surface area contributed by atoms with Crippen LogP contribution in [0.25, 0.3) is 0 Å². The molecule has 0 spiro atoms. The minimum Gasteiger partial charge on any atom is -0.493 e. The molecule has 0 bridgehead atoms. The predicted molar refractivity (Wildman–Crippen MR) is 212 cm³/mol. The normalized spacial score (nSPS) is 19.0. The molecule has 12 nitrogen and oxygen atoms in total. The van der Waals surface area contributed by atoms with Crippen LogP contribution >= 0.6 is 12.2 Å². The number of carbonyl (C=O) groups is 4. The largest absolute Gasteiger partial charge is 0.493 e. The molecular formula is C41H43F4N7O5S. The maximum Gasteiger partial charge on any atom is 0.419 e. The number of carbonyl (C=O) groups excluding carboxylic acids is 4. The first-order valence-corrected chi connectivity index (χ1v) is 19.4. The van der Waals surface area contributed by atoms with Crippen molar-refractivity contribution >= 4 is 63.5 Å². The van der Waals surface area contributed by atoms with E-state index in [4.69, 9.17) is 22.2 Å². The van der Waals surface area contributed by atoms with Crippen molar-refractivity contribution in [3.8, 4) is 11.8 Å². The molecule has 306 valence electrons. The Balaban J connectivity index is 1.01. The number of thiocarbonyl (C=S) groups is 1. The highest BCUT2D eigenvalue weighted by atomic mass is 32.1. The molecule has 58 heavy (non-hydrogen) atoms. The zero-order valence-corrected chi connectivity index (χ0v) is 32.9. The fraction of sp³-hybridized carbons (Fsp3) is 0.439. The molecular weight excluding hydrogens is 779 g/mol. The number of likely N-dealkylation sites (tertiary alicyclic amines) is 1. The molecule has 2 amide bonds. The van der Waals surface area contributed by atoms with Gasteiger partial charge in [-0.3, -0.25) is 33.4 Å². The number of nitrogens with one attached hydrogen (secondary N) is 2. The lowest BCUT2D eigenvalue weighted by atomic mass is 9.93. The molecule has 1 aliphatic carbocycles. The first kappa shape index (κ1) is 42.1. The summed E-state index contributed by atoms with van der Waals surface area (Å²) < 4.78 is 61.1. The monoisotopic (exact) mass is 821 g/mol. The summed E-state index contributed by atoms with van der Waals surface area (Å²) in [5, 5.41) is 15.2. The number of aromatic nitrogens is 1. The van der Waals surface area contributed by atoms with E-state index in [1.165, 1.54) is 11.0 Å². The van der Waals surface area contributed by atoms with Crippen LogP contribution in [0.5, 0.6) is 5.75 Å². The van der Waals surface area contributed by atoms with Crippen molar-refractivity contribution in [2.45, 2.75) is 76.6 Å². The lowest BCUT2D eigenvalue weighted by Crippen LogP contribution is -2.44. The van der Waals surface area contributed by atoms with Crippen LogP contribution in [0.2, 0.25) is 0 Å². The predicted octanol–water partition coefficient (Wildman–Crippen LogP) is 6.62. The summed E-state index contributed by atoms with van der Waals surface area (Å²) in [6.45, 7) is 4.50. The van der Waals surface area contributed by atoms with Crippen LogP contribution in [0.15, 0.2) is 54.7 Å². The minimum absolute atomic E-state index is 0.0139. The van der Waals surface area contributed by atoms with Crippen molar-refractivity contribution < 1.29 is 41.5 Å². The molecule has 1 atom stereocenters. The van der Waals surface area contributed by atoms with Crippen LogP contribution in [-0.4, -0.2) is 82.9 Å². The topological polar surface area (TPSA) is 148 Å². The molecule has 2 aliphatic heterocycles. The summed E-state index contributed by atoms with van der Waals surface area (Å²) in [6.07, 6.45) is -0.667. The smallest absolute Gasteiger partial charge is 0.419 e. The van der Waals surface area contributed by atoms with Gasteiger partial charge in [-0.15, -0.1) is 0 Å². The second kappa shape index (κ2) is 17.6. The van der Waals surface area contributed by atoms with Crippen LogP contribution in [0.1, 0.15) is 69.2 Å². The number of anilines is 4. The van der Waals surface area contributed by atoms with Gasteiger partial charge >= 0.3 is 6.18 Å². The van der Waals surface area contributed by atoms with Gasteiger partial charge in [0.2, 0.25) is 5.91 Å². The van der Waals surface area contributed by atoms with Gasteiger partial charge in [-0.1, -0.05) is 6.07 Å². The summed E-state index contributed by atoms with van der Waals surface area (Å²) in [4.78, 5) is 58.5. The second-order valence-corrected chi connectivity index (χ2v) is 15.5. The standard InChI is InChI=1S/C41H43F4N7O5S/c1-40(2)38(56)51(30-20-32(41(43,44)45)34(22-46)47-23-30)39(58)52(40)29-6-9-36(26(18-29)10-14-42)57-17-13-25-11-15-50(16-12-25)24-37(55)49-28-5-3-4-27(19-28)48-33-8-7-31(53)21-35(33)54/h3-6,9,18-20,23,25,33,48H,7-8,10-17,21,24H2,1-2H3,(H,49,55). The van der Waals surface area contributed by atoms with Gasteiger partial charge in [0.05, 0.1) is 49.7 Å². The molecule has 3 aliphatic rings. The molecule has 1 aromatic heterocycles. The summed E-state index contributed by atoms with van der Waals surface area (Å²) in [7, 11) is 0. The molecule has 0 radical (unpaired) electrons. The molecule has 3 fully saturated rings. The van der Waals surface area contributed by atoms with Crippen molar-refractivity contribution in [3.05, 3.63) is 71.5 Å². The van der Waals surface area contributed by atoms with E-state index in [1.54, 1.807) is 50.2 Å². The van der Waals surface area contributed by atoms with Gasteiger partial charge in [-0.05, 0) is 119 Å². The number of hydrogen-bond donors (Lipinski definition) is 2. The van der Waals surface area contributed by atoms with Crippen molar-refractivity contribution in [2.24, 2.45) is 5.92 Å². The number of nitrogens with zero attached hydrogens (tertiary/aromatic N) is 5. The molecule has 1 unspecified atom stereocenters. The number of aryl methyl sites for hydroxylation is 1. The van der Waals surface area contributed by atoms with E-state index >= 15 is 0 Å². The number of piperidine rings is 1. The van der Waals surface area contributed by atoms with Gasteiger partial charge in [-0.25, -0.2) is 4.98 Å². The molecule has 17 heteroatoms. The number of pyridine rings is 1. The number of ether oxygens (including phenoxy) is 1. The van der Waals surface area contributed by atoms with Crippen LogP contribution in [0.3, 0.4) is 0 Å². The SMILES string of the molecule is CC1(C)C(=O)N(c2cnc(C#N)c(C(F)(F)F)c2)C(=S)N1c1ccc(OCCC2CCN(CC(=O)Nc3cccc(NC4CCC(=O)CC4=O)c3)CC2)c(CCF)c1. The van der Waals surface area contributed by atoms with E-state index in [1.807, 2.05) is 6.07 Å². The molecule has 3 aromatic rings. The van der Waals surface area contributed by atoms with E-state index in [0.29, 0.717) is 59.8 Å². The Morgan fingerprint density at radius 3 is 2.48 bits per heavy atom. The number of ketones is 2. The summed E-state index contributed by atoms with van der Waals surface area (Å²) in [5.74, 6) is -0.121. The third-order valence-electron chi connectivity index (χ3n) is 10.7. The number of Topliss-reactive ketones (excluding diaryl/α,β-unsaturated/α-hetero) is 2. The molecule has 3 heterocycles. The van der Waals surface area contributed by atoms with Crippen LogP contribution < -0.4 is 25.2 Å². The van der Waals surface area contributed by atoms with E-state index in [2.05, 4.69) is 20.5 Å². The first-order valence-electron chi connectivity index (χ1n) is 19.0. The van der Waals surface area contributed by atoms with Crippen molar-refractivity contribution in [1.82, 2.24) is 9.88 Å². The molecule has 1 saturated carbocycles. The Morgan fingerprint density at radius 2 is 1.79 bits per heavy atom. The maximum atomic E-state index is 13.8. The van der Waals surface area contributed by atoms with Gasteiger partial charge in [-0.2, -0.15) is 18.4 Å². The highest BCUT2D eigenvalue weighted by Crippen LogP contribution is 2.40. The minimum atomic E-state index is -4.89. The van der Waals surface area contributed by atoms with E-state index in [-0.39, 0.29) is 47.7 Å². The van der Waals surface area contributed by atoms with Gasteiger partial charge in [0.25, 0.3) is 5.91 Å². The maximum absolute atomic E-state index is 13.8. The number of rotatable bonds is 13. The number of alkyl halides is 4. The quantitative estimate of drug-likeness (QED) is 0.109. The molecule has 6 rings (SSSR count). The van der Waals surface area contributed by atoms with Crippen molar-refractivity contribution in [3.63, 3.8) is 0 Å². The van der Waals surface area contributed by atoms with Gasteiger partial charge in [0, 0.05) is 29.9 Å². The van der Waals surface area contributed by atoms with Crippen molar-refractivity contribution in [1.29, 1.82) is 5.26 Å². The molecule has 2 aromatic carbocycles. The van der Waals surface area contributed by atoms with E-state index in [9.17, 15) is 36.7 Å². The number of hydrogen-bond acceptors (Lipinski definition) is 10. The Kier molecular flexibility index (Phi) is 12.8. The number of amides is 2. The summed E-state index contributed by atoms with van der Waals surface area (Å²) in [5.41, 5.74) is -1.43.